The zero-order chi connectivity index (χ0) is 14.2. The largest absolute Gasteiger partial charge is 0.493 e. The van der Waals surface area contributed by atoms with Crippen LogP contribution in [0.25, 0.3) is 0 Å². The summed E-state index contributed by atoms with van der Waals surface area (Å²) in [4.78, 5) is 24.0. The summed E-state index contributed by atoms with van der Waals surface area (Å²) in [5.41, 5.74) is 0.659. The first kappa shape index (κ1) is 14.1. The van der Waals surface area contributed by atoms with Gasteiger partial charge in [-0.3, -0.25) is 9.59 Å². The van der Waals surface area contributed by atoms with Gasteiger partial charge in [0.05, 0.1) is 13.0 Å². The van der Waals surface area contributed by atoms with Crippen LogP contribution in [-0.2, 0) is 19.1 Å². The van der Waals surface area contributed by atoms with Crippen LogP contribution >= 0.6 is 0 Å². The van der Waals surface area contributed by atoms with Crippen LogP contribution in [0.4, 0.5) is 0 Å². The van der Waals surface area contributed by atoms with Crippen molar-refractivity contribution in [1.82, 2.24) is 0 Å². The number of hydrogen-bond donors (Lipinski definition) is 0. The summed E-state index contributed by atoms with van der Waals surface area (Å²) in [6.45, 7) is 6.14. The Kier molecular flexibility index (Phi) is 3.70. The van der Waals surface area contributed by atoms with Crippen molar-refractivity contribution < 1.29 is 19.1 Å². The molecule has 106 valence electrons. The average Bonchev–Trinajstić information content (AvgIpc) is 2.35. The second-order valence-corrected chi connectivity index (χ2v) is 6.24. The van der Waals surface area contributed by atoms with Crippen LogP contribution in [-0.4, -0.2) is 25.0 Å². The van der Waals surface area contributed by atoms with Gasteiger partial charge in [0.15, 0.2) is 5.78 Å². The molecular formula is C15H22O4. The van der Waals surface area contributed by atoms with Crippen molar-refractivity contribution >= 4 is 11.8 Å². The third kappa shape index (κ3) is 2.67. The van der Waals surface area contributed by atoms with E-state index in [4.69, 9.17) is 9.47 Å². The molecule has 0 radical (unpaired) electrons. The van der Waals surface area contributed by atoms with Gasteiger partial charge in [-0.25, -0.2) is 0 Å². The number of methoxy groups -OCH3 is 1. The fraction of sp³-hybridized carbons (Fsp3) is 0.733. The number of ketones is 1. The molecular weight excluding hydrogens is 244 g/mol. The molecule has 4 nitrogen and oxygen atoms in total. The van der Waals surface area contributed by atoms with Crippen molar-refractivity contribution in [2.45, 2.75) is 52.6 Å². The lowest BCUT2D eigenvalue weighted by Crippen LogP contribution is -2.39. The van der Waals surface area contributed by atoms with Gasteiger partial charge < -0.3 is 9.47 Å². The first-order valence-electron chi connectivity index (χ1n) is 6.87. The van der Waals surface area contributed by atoms with Gasteiger partial charge in [-0.2, -0.15) is 0 Å². The van der Waals surface area contributed by atoms with Gasteiger partial charge in [-0.15, -0.1) is 0 Å². The molecule has 0 unspecified atom stereocenters. The molecule has 0 amide bonds. The van der Waals surface area contributed by atoms with Crippen LogP contribution in [0.5, 0.6) is 0 Å². The normalized spacial score (nSPS) is 29.6. The highest BCUT2D eigenvalue weighted by Crippen LogP contribution is 2.43. The summed E-state index contributed by atoms with van der Waals surface area (Å²) in [5, 5.41) is 0. The molecule has 0 saturated carbocycles. The molecule has 0 N–H and O–H groups in total. The summed E-state index contributed by atoms with van der Waals surface area (Å²) in [6.07, 6.45) is 2.34. The molecule has 1 heterocycles. The van der Waals surface area contributed by atoms with Crippen LogP contribution in [0.2, 0.25) is 0 Å². The Hall–Kier alpha value is -1.32. The molecule has 0 aromatic carbocycles. The van der Waals surface area contributed by atoms with E-state index >= 15 is 0 Å². The molecule has 2 atom stereocenters. The first-order valence-corrected chi connectivity index (χ1v) is 6.87. The molecule has 0 aromatic rings. The van der Waals surface area contributed by atoms with E-state index in [1.807, 2.05) is 6.92 Å². The Labute approximate surface area is 114 Å². The summed E-state index contributed by atoms with van der Waals surface area (Å²) < 4.78 is 10.8. The summed E-state index contributed by atoms with van der Waals surface area (Å²) in [5.74, 6) is 0.290. The van der Waals surface area contributed by atoms with Crippen molar-refractivity contribution in [2.24, 2.45) is 11.3 Å². The van der Waals surface area contributed by atoms with E-state index in [1.165, 1.54) is 7.11 Å². The monoisotopic (exact) mass is 266 g/mol. The number of Topliss-reactive ketones (excluding diaryl/α,β-unsaturated/α-hetero) is 1. The molecule has 0 fully saturated rings. The number of allylic oxidation sites excluding steroid dienone is 2. The van der Waals surface area contributed by atoms with Gasteiger partial charge in [-0.1, -0.05) is 20.8 Å². The van der Waals surface area contributed by atoms with E-state index in [-0.39, 0.29) is 29.2 Å². The second-order valence-electron chi connectivity index (χ2n) is 6.24. The van der Waals surface area contributed by atoms with E-state index in [0.717, 1.165) is 18.6 Å². The van der Waals surface area contributed by atoms with Crippen molar-refractivity contribution in [3.05, 3.63) is 11.3 Å². The van der Waals surface area contributed by atoms with E-state index < -0.39 is 0 Å². The van der Waals surface area contributed by atoms with Crippen molar-refractivity contribution in [2.75, 3.05) is 7.11 Å². The Bertz CT molecular complexity index is 433. The highest BCUT2D eigenvalue weighted by molar-refractivity contribution is 5.98. The highest BCUT2D eigenvalue weighted by Gasteiger charge is 2.43. The van der Waals surface area contributed by atoms with E-state index in [2.05, 4.69) is 13.8 Å². The SMILES string of the molecule is CC[C@@H]1OC2=C(C[C@@H]1C(=O)OC)C(=O)CC(C)(C)C2. The third-order valence-electron chi connectivity index (χ3n) is 4.02. The molecule has 2 rings (SSSR count). The minimum absolute atomic E-state index is 0.0493. The zero-order valence-corrected chi connectivity index (χ0v) is 12.1. The summed E-state index contributed by atoms with van der Waals surface area (Å²) in [7, 11) is 1.38. The lowest BCUT2D eigenvalue weighted by atomic mass is 9.73. The maximum absolute atomic E-state index is 12.2. The number of hydrogen-bond acceptors (Lipinski definition) is 4. The van der Waals surface area contributed by atoms with Gasteiger partial charge in [0.2, 0.25) is 0 Å². The van der Waals surface area contributed by atoms with Crippen LogP contribution in [0.15, 0.2) is 11.3 Å². The molecule has 2 aliphatic rings. The Morgan fingerprint density at radius 2 is 2.11 bits per heavy atom. The Morgan fingerprint density at radius 1 is 1.42 bits per heavy atom. The number of esters is 1. The summed E-state index contributed by atoms with van der Waals surface area (Å²) >= 11 is 0. The quantitative estimate of drug-likeness (QED) is 0.721. The minimum Gasteiger partial charge on any atom is -0.493 e. The maximum Gasteiger partial charge on any atom is 0.312 e. The standard InChI is InChI=1S/C15H22O4/c1-5-12-10(14(17)18-4)6-9-11(16)7-15(2,3)8-13(9)19-12/h10,12H,5-8H2,1-4H3/t10-,12-/m0/s1. The summed E-state index contributed by atoms with van der Waals surface area (Å²) in [6, 6.07) is 0. The molecule has 4 heteroatoms. The van der Waals surface area contributed by atoms with Crippen LogP contribution < -0.4 is 0 Å². The Balaban J connectivity index is 2.30. The van der Waals surface area contributed by atoms with Crippen molar-refractivity contribution in [1.29, 1.82) is 0 Å². The highest BCUT2D eigenvalue weighted by atomic mass is 16.5. The Morgan fingerprint density at radius 3 is 2.68 bits per heavy atom. The molecule has 0 bridgehead atoms. The number of carbonyl (C=O) groups is 2. The molecule has 1 aliphatic heterocycles. The number of ether oxygens (including phenoxy) is 2. The second kappa shape index (κ2) is 4.99. The maximum atomic E-state index is 12.2. The van der Waals surface area contributed by atoms with Crippen molar-refractivity contribution in [3.63, 3.8) is 0 Å². The van der Waals surface area contributed by atoms with Gasteiger partial charge in [0.1, 0.15) is 11.9 Å². The van der Waals surface area contributed by atoms with Gasteiger partial charge in [-0.05, 0) is 18.3 Å². The predicted molar refractivity (Wildman–Crippen MR) is 70.3 cm³/mol. The number of carbonyl (C=O) groups excluding carboxylic acids is 2. The molecule has 1 aliphatic carbocycles. The predicted octanol–water partition coefficient (Wildman–Crippen LogP) is 2.62. The van der Waals surface area contributed by atoms with Crippen LogP contribution in [0.3, 0.4) is 0 Å². The topological polar surface area (TPSA) is 52.6 Å². The first-order chi connectivity index (χ1) is 8.88. The fourth-order valence-corrected chi connectivity index (χ4v) is 3.01. The lowest BCUT2D eigenvalue weighted by molar-refractivity contribution is -0.151. The third-order valence-corrected chi connectivity index (χ3v) is 4.02. The van der Waals surface area contributed by atoms with E-state index in [1.54, 1.807) is 0 Å². The van der Waals surface area contributed by atoms with Crippen molar-refractivity contribution in [3.8, 4) is 0 Å². The zero-order valence-electron chi connectivity index (χ0n) is 12.1. The molecule has 0 saturated heterocycles. The van der Waals surface area contributed by atoms with Crippen LogP contribution in [0, 0.1) is 11.3 Å². The van der Waals surface area contributed by atoms with E-state index in [9.17, 15) is 9.59 Å². The van der Waals surface area contributed by atoms with Gasteiger partial charge >= 0.3 is 5.97 Å². The minimum atomic E-state index is -0.348. The number of rotatable bonds is 2. The fourth-order valence-electron chi connectivity index (χ4n) is 3.01. The van der Waals surface area contributed by atoms with E-state index in [0.29, 0.717) is 18.4 Å². The molecule has 0 spiro atoms. The molecule has 19 heavy (non-hydrogen) atoms. The van der Waals surface area contributed by atoms with Crippen LogP contribution in [0.1, 0.15) is 46.5 Å². The van der Waals surface area contributed by atoms with Gasteiger partial charge in [0, 0.05) is 18.4 Å². The van der Waals surface area contributed by atoms with Gasteiger partial charge in [0.25, 0.3) is 0 Å². The average molecular weight is 266 g/mol. The molecule has 0 aromatic heterocycles. The smallest absolute Gasteiger partial charge is 0.312 e. The lowest BCUT2D eigenvalue weighted by Gasteiger charge is -2.39.